The first-order valence-electron chi connectivity index (χ1n) is 10.4. The lowest BCUT2D eigenvalue weighted by Crippen LogP contribution is -2.45. The summed E-state index contributed by atoms with van der Waals surface area (Å²) in [4.78, 5) is 26.9. The third-order valence-electron chi connectivity index (χ3n) is 5.74. The van der Waals surface area contributed by atoms with Crippen LogP contribution in [0.4, 0.5) is 0 Å². The van der Waals surface area contributed by atoms with Gasteiger partial charge < -0.3 is 19.2 Å². The first kappa shape index (κ1) is 20.0. The third kappa shape index (κ3) is 4.17. The van der Waals surface area contributed by atoms with Crippen LogP contribution in [0.25, 0.3) is 5.69 Å². The summed E-state index contributed by atoms with van der Waals surface area (Å²) in [6.07, 6.45) is 3.10. The van der Waals surface area contributed by atoms with Crippen LogP contribution in [-0.2, 0) is 11.3 Å². The Morgan fingerprint density at radius 2 is 1.80 bits per heavy atom. The number of nitrogens with zero attached hydrogens (tertiary/aromatic N) is 2. The summed E-state index contributed by atoms with van der Waals surface area (Å²) in [6.45, 7) is 5.74. The molecule has 6 nitrogen and oxygen atoms in total. The zero-order valence-electron chi connectivity index (χ0n) is 17.4. The Balaban J connectivity index is 1.33. The molecule has 1 aliphatic heterocycles. The van der Waals surface area contributed by atoms with Crippen LogP contribution in [0.5, 0.6) is 0 Å². The van der Waals surface area contributed by atoms with Gasteiger partial charge in [-0.15, -0.1) is 0 Å². The minimum absolute atomic E-state index is 0.00637. The summed E-state index contributed by atoms with van der Waals surface area (Å²) in [5.41, 5.74) is 4.55. The van der Waals surface area contributed by atoms with Gasteiger partial charge in [-0.25, -0.2) is 0 Å². The van der Waals surface area contributed by atoms with E-state index in [4.69, 9.17) is 4.42 Å². The summed E-state index contributed by atoms with van der Waals surface area (Å²) in [5, 5.41) is 3.03. The van der Waals surface area contributed by atoms with Gasteiger partial charge in [-0.3, -0.25) is 9.59 Å². The number of hydrogen-bond acceptors (Lipinski definition) is 3. The lowest BCUT2D eigenvalue weighted by molar-refractivity contribution is -0.126. The minimum Gasteiger partial charge on any atom is -0.459 e. The molecule has 0 saturated carbocycles. The fourth-order valence-electron chi connectivity index (χ4n) is 4.10. The van der Waals surface area contributed by atoms with Gasteiger partial charge in [0.1, 0.15) is 0 Å². The maximum atomic E-state index is 12.7. The van der Waals surface area contributed by atoms with Crippen molar-refractivity contribution in [1.82, 2.24) is 14.8 Å². The molecule has 0 bridgehead atoms. The van der Waals surface area contributed by atoms with E-state index in [2.05, 4.69) is 48.0 Å². The molecule has 4 rings (SSSR count). The Bertz CT molecular complexity index is 999. The molecule has 1 atom stereocenters. The molecule has 1 N–H and O–H groups in total. The van der Waals surface area contributed by atoms with Gasteiger partial charge >= 0.3 is 0 Å². The van der Waals surface area contributed by atoms with Crippen molar-refractivity contribution in [3.8, 4) is 5.69 Å². The van der Waals surface area contributed by atoms with E-state index in [0.717, 1.165) is 24.1 Å². The van der Waals surface area contributed by atoms with Crippen molar-refractivity contribution in [2.75, 3.05) is 13.1 Å². The molecule has 0 unspecified atom stereocenters. The highest BCUT2D eigenvalue weighted by Crippen LogP contribution is 2.20. The van der Waals surface area contributed by atoms with E-state index in [1.807, 2.05) is 12.1 Å². The predicted octanol–water partition coefficient (Wildman–Crippen LogP) is 3.86. The van der Waals surface area contributed by atoms with Gasteiger partial charge in [0.05, 0.1) is 12.2 Å². The molecule has 0 aliphatic carbocycles. The molecular weight excluding hydrogens is 378 g/mol. The fraction of sp³-hybridized carbons (Fsp3) is 0.333. The Kier molecular flexibility index (Phi) is 5.74. The number of nitrogens with one attached hydrogen (secondary N) is 1. The molecule has 1 saturated heterocycles. The predicted molar refractivity (Wildman–Crippen MR) is 114 cm³/mol. The average Bonchev–Trinajstić information content (AvgIpc) is 3.42. The highest BCUT2D eigenvalue weighted by atomic mass is 16.3. The largest absolute Gasteiger partial charge is 0.459 e. The number of carbonyl (C=O) groups is 2. The zero-order valence-corrected chi connectivity index (χ0v) is 17.4. The number of amides is 2. The molecular formula is C24H27N3O3. The Morgan fingerprint density at radius 3 is 2.47 bits per heavy atom. The van der Waals surface area contributed by atoms with Crippen LogP contribution in [-0.4, -0.2) is 34.4 Å². The highest BCUT2D eigenvalue weighted by molar-refractivity contribution is 5.92. The maximum absolute atomic E-state index is 12.7. The van der Waals surface area contributed by atoms with Crippen molar-refractivity contribution in [2.45, 2.75) is 33.2 Å². The molecule has 1 aromatic carbocycles. The number of rotatable bonds is 5. The third-order valence-corrected chi connectivity index (χ3v) is 5.74. The second-order valence-corrected chi connectivity index (χ2v) is 7.90. The molecule has 3 aromatic rings. The Morgan fingerprint density at radius 1 is 1.07 bits per heavy atom. The number of furan rings is 1. The van der Waals surface area contributed by atoms with E-state index in [-0.39, 0.29) is 17.7 Å². The summed E-state index contributed by atoms with van der Waals surface area (Å²) in [5.74, 6) is -0.0248. The van der Waals surface area contributed by atoms with E-state index in [1.54, 1.807) is 17.0 Å². The summed E-state index contributed by atoms with van der Waals surface area (Å²) in [6, 6.07) is 15.8. The molecule has 0 spiro atoms. The van der Waals surface area contributed by atoms with Gasteiger partial charge in [-0.05, 0) is 68.7 Å². The van der Waals surface area contributed by atoms with Crippen molar-refractivity contribution in [2.24, 2.45) is 5.92 Å². The summed E-state index contributed by atoms with van der Waals surface area (Å²) in [7, 11) is 0. The van der Waals surface area contributed by atoms with E-state index < -0.39 is 0 Å². The van der Waals surface area contributed by atoms with Crippen LogP contribution in [0.3, 0.4) is 0 Å². The molecule has 0 radical (unpaired) electrons. The molecule has 1 aliphatic rings. The SMILES string of the molecule is Cc1ccc(C)n1-c1ccc(CNC(=O)[C@H]2CCCN(C(=O)c3ccco3)C2)cc1. The van der Waals surface area contributed by atoms with Crippen LogP contribution in [0.15, 0.2) is 59.2 Å². The number of hydrogen-bond donors (Lipinski definition) is 1. The maximum Gasteiger partial charge on any atom is 0.289 e. The zero-order chi connectivity index (χ0) is 21.1. The van der Waals surface area contributed by atoms with E-state index >= 15 is 0 Å². The number of piperidine rings is 1. The Hall–Kier alpha value is -3.28. The number of aromatic nitrogens is 1. The fourth-order valence-corrected chi connectivity index (χ4v) is 4.10. The average molecular weight is 405 g/mol. The van der Waals surface area contributed by atoms with Gasteiger partial charge in [-0.2, -0.15) is 0 Å². The lowest BCUT2D eigenvalue weighted by Gasteiger charge is -2.31. The van der Waals surface area contributed by atoms with Crippen LogP contribution < -0.4 is 5.32 Å². The van der Waals surface area contributed by atoms with Crippen LogP contribution in [0.1, 0.15) is 40.3 Å². The van der Waals surface area contributed by atoms with E-state index in [9.17, 15) is 9.59 Å². The number of benzene rings is 1. The number of aryl methyl sites for hydroxylation is 2. The molecule has 6 heteroatoms. The first-order valence-corrected chi connectivity index (χ1v) is 10.4. The molecule has 30 heavy (non-hydrogen) atoms. The molecule has 2 aromatic heterocycles. The van der Waals surface area contributed by atoms with Gasteiger partial charge in [0, 0.05) is 36.7 Å². The van der Waals surface area contributed by atoms with Gasteiger partial charge in [0.15, 0.2) is 5.76 Å². The number of likely N-dealkylation sites (tertiary alicyclic amines) is 1. The second kappa shape index (κ2) is 8.61. The molecule has 1 fully saturated rings. The van der Waals surface area contributed by atoms with Crippen LogP contribution in [0.2, 0.25) is 0 Å². The molecule has 3 heterocycles. The highest BCUT2D eigenvalue weighted by Gasteiger charge is 2.29. The Labute approximate surface area is 176 Å². The van der Waals surface area contributed by atoms with Gasteiger partial charge in [-0.1, -0.05) is 12.1 Å². The minimum atomic E-state index is -0.192. The van der Waals surface area contributed by atoms with Crippen molar-refractivity contribution in [3.63, 3.8) is 0 Å². The standard InChI is InChI=1S/C24H27N3O3/c1-17-7-8-18(2)27(17)21-11-9-19(10-12-21)15-25-23(28)20-5-3-13-26(16-20)24(29)22-6-4-14-30-22/h4,6-12,14,20H,3,5,13,15-16H2,1-2H3,(H,25,28)/t20-/m0/s1. The number of carbonyl (C=O) groups excluding carboxylic acids is 2. The summed E-state index contributed by atoms with van der Waals surface area (Å²) >= 11 is 0. The normalized spacial score (nSPS) is 16.5. The second-order valence-electron chi connectivity index (χ2n) is 7.90. The molecule has 2 amide bonds. The van der Waals surface area contributed by atoms with Crippen LogP contribution in [0, 0.1) is 19.8 Å². The van der Waals surface area contributed by atoms with Crippen molar-refractivity contribution in [1.29, 1.82) is 0 Å². The topological polar surface area (TPSA) is 67.5 Å². The van der Waals surface area contributed by atoms with Gasteiger partial charge in [0.25, 0.3) is 5.91 Å². The van der Waals surface area contributed by atoms with Gasteiger partial charge in [0.2, 0.25) is 5.91 Å². The van der Waals surface area contributed by atoms with Crippen molar-refractivity contribution in [3.05, 3.63) is 77.5 Å². The van der Waals surface area contributed by atoms with E-state index in [0.29, 0.717) is 25.4 Å². The quantitative estimate of drug-likeness (QED) is 0.701. The smallest absolute Gasteiger partial charge is 0.289 e. The molecule has 156 valence electrons. The van der Waals surface area contributed by atoms with Crippen molar-refractivity contribution >= 4 is 11.8 Å². The summed E-state index contributed by atoms with van der Waals surface area (Å²) < 4.78 is 7.41. The monoisotopic (exact) mass is 405 g/mol. The first-order chi connectivity index (χ1) is 14.5. The lowest BCUT2D eigenvalue weighted by atomic mass is 9.96. The van der Waals surface area contributed by atoms with Crippen molar-refractivity contribution < 1.29 is 14.0 Å². The van der Waals surface area contributed by atoms with Crippen LogP contribution >= 0.6 is 0 Å². The van der Waals surface area contributed by atoms with E-state index in [1.165, 1.54) is 17.7 Å².